The number of hydrogen-bond donors (Lipinski definition) is 3. The predicted octanol–water partition coefficient (Wildman–Crippen LogP) is 0.0670. The number of carbonyl (C=O) groups excluding carboxylic acids is 3. The number of amides is 4. The van der Waals surface area contributed by atoms with Crippen molar-refractivity contribution in [1.82, 2.24) is 30.8 Å². The lowest BCUT2D eigenvalue weighted by Crippen LogP contribution is -2.52. The van der Waals surface area contributed by atoms with E-state index in [1.165, 1.54) is 0 Å². The lowest BCUT2D eigenvalue weighted by Gasteiger charge is -2.30. The summed E-state index contributed by atoms with van der Waals surface area (Å²) < 4.78 is 1.78. The van der Waals surface area contributed by atoms with Crippen LogP contribution in [0.2, 0.25) is 0 Å². The number of aryl methyl sites for hydroxylation is 1. The summed E-state index contributed by atoms with van der Waals surface area (Å²) in [5.41, 5.74) is 2.65. The molecule has 1 spiro atoms. The van der Waals surface area contributed by atoms with Gasteiger partial charge < -0.3 is 10.6 Å². The minimum absolute atomic E-state index is 0.0182. The van der Waals surface area contributed by atoms with Gasteiger partial charge in [0, 0.05) is 12.7 Å². The highest BCUT2D eigenvalue weighted by Crippen LogP contribution is 2.32. The molecule has 2 fully saturated rings. The number of imide groups is 1. The fourth-order valence-electron chi connectivity index (χ4n) is 3.37. The molecule has 1 aliphatic heterocycles. The molecular weight excluding hydrogens is 324 g/mol. The van der Waals surface area contributed by atoms with Gasteiger partial charge in [-0.25, -0.2) is 4.79 Å². The van der Waals surface area contributed by atoms with E-state index in [9.17, 15) is 14.4 Å². The molecule has 3 N–H and O–H groups in total. The highest BCUT2D eigenvalue weighted by Gasteiger charge is 2.52. The Morgan fingerprint density at radius 1 is 1.32 bits per heavy atom. The first-order chi connectivity index (χ1) is 12.0. The van der Waals surface area contributed by atoms with Gasteiger partial charge in [-0.15, -0.1) is 0 Å². The van der Waals surface area contributed by atoms with Crippen molar-refractivity contribution in [3.05, 3.63) is 18.0 Å². The summed E-state index contributed by atoms with van der Waals surface area (Å²) >= 11 is 0. The Balaban J connectivity index is 1.44. The topological polar surface area (TPSA) is 108 Å². The zero-order chi connectivity index (χ0) is 17.9. The second-order valence-electron chi connectivity index (χ2n) is 6.71. The normalized spacial score (nSPS) is 19.3. The van der Waals surface area contributed by atoms with Crippen molar-refractivity contribution in [3.63, 3.8) is 0 Å². The quantitative estimate of drug-likeness (QED) is 0.498. The average Bonchev–Trinajstić information content (AvgIpc) is 3.10. The molecule has 1 aromatic rings. The van der Waals surface area contributed by atoms with E-state index in [-0.39, 0.29) is 12.5 Å². The first kappa shape index (κ1) is 17.4. The zero-order valence-electron chi connectivity index (χ0n) is 14.4. The van der Waals surface area contributed by atoms with Crippen LogP contribution in [0.5, 0.6) is 0 Å². The highest BCUT2D eigenvalue weighted by molar-refractivity contribution is 6.08. The minimum atomic E-state index is -0.825. The largest absolute Gasteiger partial charge is 0.344 e. The molecule has 136 valence electrons. The molecule has 1 saturated carbocycles. The van der Waals surface area contributed by atoms with Crippen LogP contribution in [0.25, 0.3) is 0 Å². The van der Waals surface area contributed by atoms with E-state index < -0.39 is 17.5 Å². The molecule has 1 saturated heterocycles. The molecule has 1 aliphatic carbocycles. The molecule has 9 heteroatoms. The minimum Gasteiger partial charge on any atom is -0.322 e. The van der Waals surface area contributed by atoms with Gasteiger partial charge in [0.15, 0.2) is 0 Å². The first-order valence-electron chi connectivity index (χ1n) is 8.66. The lowest BCUT2D eigenvalue weighted by atomic mass is 9.82. The Kier molecular flexibility index (Phi) is 5.03. The molecule has 0 aromatic carbocycles. The van der Waals surface area contributed by atoms with Gasteiger partial charge in [-0.1, -0.05) is 19.3 Å². The molecule has 2 aliphatic rings. The van der Waals surface area contributed by atoms with Gasteiger partial charge >= 0.3 is 6.03 Å². The Bertz CT molecular complexity index is 665. The summed E-state index contributed by atoms with van der Waals surface area (Å²) in [6.07, 6.45) is 7.82. The van der Waals surface area contributed by atoms with Gasteiger partial charge in [-0.05, 0) is 25.3 Å². The Morgan fingerprint density at radius 3 is 2.76 bits per heavy atom. The summed E-state index contributed by atoms with van der Waals surface area (Å²) in [6, 6.07) is -0.549. The van der Waals surface area contributed by atoms with Crippen LogP contribution in [0, 0.1) is 6.92 Å². The third kappa shape index (κ3) is 3.81. The van der Waals surface area contributed by atoms with Gasteiger partial charge in [0.2, 0.25) is 0 Å². The molecule has 9 nitrogen and oxygen atoms in total. The van der Waals surface area contributed by atoms with Crippen LogP contribution in [0.4, 0.5) is 4.79 Å². The number of rotatable bonds is 6. The third-order valence-corrected chi connectivity index (χ3v) is 4.67. The summed E-state index contributed by atoms with van der Waals surface area (Å²) in [5.74, 6) is -0.773. The molecule has 0 bridgehead atoms. The fraction of sp³-hybridized carbons (Fsp3) is 0.625. The van der Waals surface area contributed by atoms with Gasteiger partial charge in [0.1, 0.15) is 5.54 Å². The van der Waals surface area contributed by atoms with Crippen LogP contribution in [-0.4, -0.2) is 51.3 Å². The van der Waals surface area contributed by atoms with E-state index in [0.29, 0.717) is 25.9 Å². The summed E-state index contributed by atoms with van der Waals surface area (Å²) in [4.78, 5) is 36.6. The van der Waals surface area contributed by atoms with Gasteiger partial charge in [-0.2, -0.15) is 10.1 Å². The van der Waals surface area contributed by atoms with Gasteiger partial charge in [0.05, 0.1) is 19.3 Å². The van der Waals surface area contributed by atoms with Crippen LogP contribution < -0.4 is 16.1 Å². The van der Waals surface area contributed by atoms with E-state index in [1.807, 2.05) is 13.1 Å². The number of nitrogens with zero attached hydrogens (tertiary/aromatic N) is 3. The molecule has 1 aromatic heterocycles. The van der Waals surface area contributed by atoms with Crippen molar-refractivity contribution in [1.29, 1.82) is 0 Å². The molecule has 4 amide bonds. The monoisotopic (exact) mass is 348 g/mol. The molecule has 3 rings (SSSR count). The predicted molar refractivity (Wildman–Crippen MR) is 89.2 cm³/mol. The maximum atomic E-state index is 12.5. The molecule has 25 heavy (non-hydrogen) atoms. The maximum Gasteiger partial charge on any atom is 0.344 e. The van der Waals surface area contributed by atoms with Crippen LogP contribution in [0.3, 0.4) is 0 Å². The second-order valence-corrected chi connectivity index (χ2v) is 6.71. The Labute approximate surface area is 146 Å². The van der Waals surface area contributed by atoms with Crippen molar-refractivity contribution in [3.8, 4) is 0 Å². The smallest absolute Gasteiger partial charge is 0.322 e. The van der Waals surface area contributed by atoms with E-state index in [0.717, 1.165) is 29.8 Å². The van der Waals surface area contributed by atoms with Crippen molar-refractivity contribution >= 4 is 17.8 Å². The number of carbonyl (C=O) groups is 3. The number of urea groups is 1. The summed E-state index contributed by atoms with van der Waals surface area (Å²) in [6.45, 7) is 3.16. The second kappa shape index (κ2) is 7.22. The molecular formula is C16H24N6O3. The molecule has 0 radical (unpaired) electrons. The fourth-order valence-corrected chi connectivity index (χ4v) is 3.37. The standard InChI is InChI=1S/C16H24N6O3/c1-12-9-18-21(11-12)8-7-17-10-13(23)20-22-14(24)16(19-15(22)25)5-3-2-4-6-16/h9,11,17H,2-8,10H2,1H3,(H,19,25)(H,20,23). The zero-order valence-corrected chi connectivity index (χ0v) is 14.4. The third-order valence-electron chi connectivity index (χ3n) is 4.67. The van der Waals surface area contributed by atoms with E-state index in [4.69, 9.17) is 0 Å². The summed E-state index contributed by atoms with van der Waals surface area (Å²) in [5, 5.41) is 10.7. The van der Waals surface area contributed by atoms with Crippen molar-refractivity contribution in [2.24, 2.45) is 0 Å². The number of hydrogen-bond acceptors (Lipinski definition) is 5. The van der Waals surface area contributed by atoms with Crippen LogP contribution in [-0.2, 0) is 16.1 Å². The van der Waals surface area contributed by atoms with E-state index in [1.54, 1.807) is 10.9 Å². The SMILES string of the molecule is Cc1cnn(CCNCC(=O)NN2C(=O)NC3(CCCCC3)C2=O)c1. The van der Waals surface area contributed by atoms with Gasteiger partial charge in [-0.3, -0.25) is 19.7 Å². The highest BCUT2D eigenvalue weighted by atomic mass is 16.2. The Morgan fingerprint density at radius 2 is 2.08 bits per heavy atom. The Hall–Kier alpha value is -2.42. The van der Waals surface area contributed by atoms with Crippen LogP contribution in [0.1, 0.15) is 37.7 Å². The maximum absolute atomic E-state index is 12.5. The van der Waals surface area contributed by atoms with E-state index in [2.05, 4.69) is 21.2 Å². The van der Waals surface area contributed by atoms with Crippen LogP contribution in [0.15, 0.2) is 12.4 Å². The van der Waals surface area contributed by atoms with Crippen molar-refractivity contribution in [2.45, 2.75) is 51.1 Å². The molecule has 0 atom stereocenters. The van der Waals surface area contributed by atoms with Crippen LogP contribution >= 0.6 is 0 Å². The van der Waals surface area contributed by atoms with Gasteiger partial charge in [0.25, 0.3) is 11.8 Å². The lowest BCUT2D eigenvalue weighted by molar-refractivity contribution is -0.139. The van der Waals surface area contributed by atoms with E-state index >= 15 is 0 Å². The summed E-state index contributed by atoms with van der Waals surface area (Å²) in [7, 11) is 0. The number of nitrogens with one attached hydrogen (secondary N) is 3. The number of hydrazine groups is 1. The molecule has 2 heterocycles. The van der Waals surface area contributed by atoms with Crippen molar-refractivity contribution in [2.75, 3.05) is 13.1 Å². The van der Waals surface area contributed by atoms with Crippen molar-refractivity contribution < 1.29 is 14.4 Å². The first-order valence-corrected chi connectivity index (χ1v) is 8.66. The molecule has 0 unspecified atom stereocenters. The number of aromatic nitrogens is 2. The average molecular weight is 348 g/mol.